The molecule has 1 aliphatic carbocycles. The Morgan fingerprint density at radius 2 is 2.10 bits per heavy atom. The smallest absolute Gasteiger partial charge is 0.255 e. The fraction of sp³-hybridized carbons (Fsp3) is 0.650. The van der Waals surface area contributed by atoms with Crippen molar-refractivity contribution in [2.45, 2.75) is 57.5 Å². The second-order valence-electron chi connectivity index (χ2n) is 7.66. The highest BCUT2D eigenvalue weighted by atomic mass is 32.2. The highest BCUT2D eigenvalue weighted by Crippen LogP contribution is 2.36. The van der Waals surface area contributed by atoms with Crippen molar-refractivity contribution in [2.75, 3.05) is 24.7 Å². The highest BCUT2D eigenvalue weighted by molar-refractivity contribution is 7.88. The molecule has 164 valence electrons. The summed E-state index contributed by atoms with van der Waals surface area (Å²) in [6.07, 6.45) is -3.47. The summed E-state index contributed by atoms with van der Waals surface area (Å²) in [5.74, 6) is -0.825. The number of fused-ring (bicyclic) bond motifs is 1. The van der Waals surface area contributed by atoms with Crippen LogP contribution in [0.3, 0.4) is 0 Å². The van der Waals surface area contributed by atoms with E-state index >= 15 is 0 Å². The Balaban J connectivity index is 1.86. The van der Waals surface area contributed by atoms with E-state index in [4.69, 9.17) is 11.0 Å². The number of aryl methyl sites for hydroxylation is 1. The fourth-order valence-electron chi connectivity index (χ4n) is 3.86. The van der Waals surface area contributed by atoms with Crippen molar-refractivity contribution >= 4 is 27.0 Å². The molecule has 1 aliphatic heterocycles. The van der Waals surface area contributed by atoms with Crippen molar-refractivity contribution in [1.29, 1.82) is 0 Å². The molecule has 3 heterocycles. The van der Waals surface area contributed by atoms with E-state index in [9.17, 15) is 18.3 Å². The van der Waals surface area contributed by atoms with Gasteiger partial charge in [0.05, 0.1) is 13.7 Å². The Labute approximate surface area is 187 Å². The second-order valence-corrected chi connectivity index (χ2v) is 9.64. The lowest BCUT2D eigenvalue weighted by molar-refractivity contribution is 0.129. The van der Waals surface area contributed by atoms with E-state index in [-0.39, 0.29) is 11.0 Å². The van der Waals surface area contributed by atoms with Gasteiger partial charge in [-0.25, -0.2) is 17.7 Å². The van der Waals surface area contributed by atoms with Crippen molar-refractivity contribution in [3.8, 4) is 0 Å². The molecule has 0 radical (unpaired) electrons. The van der Waals surface area contributed by atoms with Crippen LogP contribution in [-0.2, 0) is 10.0 Å². The van der Waals surface area contributed by atoms with Crippen LogP contribution in [0.15, 0.2) is 17.1 Å². The highest BCUT2D eigenvalue weighted by Gasteiger charge is 2.34. The fourth-order valence-corrected chi connectivity index (χ4v) is 4.46. The third-order valence-electron chi connectivity index (χ3n) is 5.65. The lowest BCUT2D eigenvalue weighted by atomic mass is 10.0. The first-order valence-electron chi connectivity index (χ1n) is 13.5. The van der Waals surface area contributed by atoms with Crippen LogP contribution in [0.2, 0.25) is 0 Å². The van der Waals surface area contributed by atoms with Crippen LogP contribution in [0, 0.1) is 12.8 Å². The molecule has 9 nitrogen and oxygen atoms in total. The molecule has 1 saturated heterocycles. The van der Waals surface area contributed by atoms with Gasteiger partial charge in [0.25, 0.3) is 5.56 Å². The van der Waals surface area contributed by atoms with Gasteiger partial charge in [0.1, 0.15) is 5.65 Å². The van der Waals surface area contributed by atoms with Gasteiger partial charge < -0.3 is 10.4 Å². The average Bonchev–Trinajstić information content (AvgIpc) is 3.08. The van der Waals surface area contributed by atoms with Crippen LogP contribution < -0.4 is 10.9 Å². The molecular formula is C20H29N5O4S. The zero-order chi connectivity index (χ0) is 28.6. The minimum atomic E-state index is -3.96. The number of nitrogens with one attached hydrogen (secondary N) is 1. The SMILES string of the molecule is [2H]C([2H])([2H])c1cc2cnc(NC3([2H])C([2H])([2H])CN(S(C)(=O)=O)CC3([2H])[2H])nc2n([C@H]2CC[C@H](O)[C@@H]2C)c1=O. The Bertz CT molecular complexity index is 1410. The van der Waals surface area contributed by atoms with Gasteiger partial charge in [-0.3, -0.25) is 9.36 Å². The molecule has 2 aliphatic rings. The second kappa shape index (κ2) is 7.90. The van der Waals surface area contributed by atoms with Crippen LogP contribution in [0.1, 0.15) is 55.1 Å². The average molecular weight is 444 g/mol. The maximum Gasteiger partial charge on any atom is 0.255 e. The standard InChI is InChI=1S/C20H29N5O4S/c1-12-10-14-11-21-20(22-15-6-8-24(9-7-15)30(3,28)29)23-18(14)25(19(12)27)16-4-5-17(26)13(16)2/h10-11,13,15-17,26H,4-9H2,1-3H3,(H,21,22,23)/t13-,16+,17+/m1/s1/i1D3,6D2,7D2,15D. The van der Waals surface area contributed by atoms with Crippen LogP contribution in [0.25, 0.3) is 11.0 Å². The molecule has 2 aromatic rings. The largest absolute Gasteiger partial charge is 0.393 e. The molecule has 30 heavy (non-hydrogen) atoms. The Morgan fingerprint density at radius 1 is 1.37 bits per heavy atom. The summed E-state index contributed by atoms with van der Waals surface area (Å²) in [6, 6.07) is -2.21. The Kier molecular flexibility index (Phi) is 3.53. The molecule has 0 amide bonds. The summed E-state index contributed by atoms with van der Waals surface area (Å²) in [4.78, 5) is 21.7. The zero-order valence-electron chi connectivity index (χ0n) is 24.6. The molecule has 1 saturated carbocycles. The minimum absolute atomic E-state index is 0.0234. The lowest BCUT2D eigenvalue weighted by Gasteiger charge is -2.30. The number of pyridine rings is 1. The predicted octanol–water partition coefficient (Wildman–Crippen LogP) is 1.27. The number of hydrogen-bond donors (Lipinski definition) is 2. The number of piperidine rings is 1. The van der Waals surface area contributed by atoms with Gasteiger partial charge >= 0.3 is 0 Å². The number of aromatic nitrogens is 3. The summed E-state index contributed by atoms with van der Waals surface area (Å²) < 4.78 is 91.5. The van der Waals surface area contributed by atoms with E-state index in [2.05, 4.69) is 15.3 Å². The molecule has 0 unspecified atom stereocenters. The van der Waals surface area contributed by atoms with E-state index in [0.29, 0.717) is 17.1 Å². The molecule has 0 aromatic carbocycles. The van der Waals surface area contributed by atoms with Gasteiger partial charge in [0.15, 0.2) is 0 Å². The minimum Gasteiger partial charge on any atom is -0.393 e. The van der Waals surface area contributed by atoms with Gasteiger partial charge in [-0.2, -0.15) is 4.98 Å². The monoisotopic (exact) mass is 443 g/mol. The number of hydrogen-bond acceptors (Lipinski definition) is 7. The van der Waals surface area contributed by atoms with Gasteiger partial charge in [-0.05, 0) is 38.5 Å². The summed E-state index contributed by atoms with van der Waals surface area (Å²) in [6.45, 7) is -2.60. The Morgan fingerprint density at radius 3 is 2.70 bits per heavy atom. The van der Waals surface area contributed by atoms with E-state index in [0.717, 1.165) is 12.3 Å². The molecule has 2 N–H and O–H groups in total. The quantitative estimate of drug-likeness (QED) is 0.731. The number of aliphatic hydroxyl groups excluding tert-OH is 1. The van der Waals surface area contributed by atoms with Crippen LogP contribution >= 0.6 is 0 Å². The maximum atomic E-state index is 13.4. The van der Waals surface area contributed by atoms with Crippen LogP contribution in [-0.4, -0.2) is 63.8 Å². The van der Waals surface area contributed by atoms with Crippen LogP contribution in [0.4, 0.5) is 5.95 Å². The van der Waals surface area contributed by atoms with Crippen molar-refractivity contribution < 1.29 is 24.5 Å². The maximum absolute atomic E-state index is 13.4. The van der Waals surface area contributed by atoms with E-state index in [1.165, 1.54) is 10.8 Å². The van der Waals surface area contributed by atoms with Gasteiger partial charge in [0.2, 0.25) is 16.0 Å². The number of nitrogens with zero attached hydrogens (tertiary/aromatic N) is 4. The first-order chi connectivity index (χ1) is 17.2. The first kappa shape index (κ1) is 13.4. The summed E-state index contributed by atoms with van der Waals surface area (Å²) in [7, 11) is -3.96. The molecule has 4 rings (SSSR count). The molecule has 0 spiro atoms. The van der Waals surface area contributed by atoms with Gasteiger partial charge in [-0.1, -0.05) is 6.92 Å². The van der Waals surface area contributed by atoms with Crippen LogP contribution in [0.5, 0.6) is 0 Å². The van der Waals surface area contributed by atoms with Crippen molar-refractivity contribution in [1.82, 2.24) is 18.8 Å². The predicted molar refractivity (Wildman–Crippen MR) is 115 cm³/mol. The summed E-state index contributed by atoms with van der Waals surface area (Å²) in [5, 5.41) is 12.9. The third kappa shape index (κ3) is 3.95. The third-order valence-corrected chi connectivity index (χ3v) is 6.84. The molecule has 3 atom stereocenters. The van der Waals surface area contributed by atoms with E-state index in [1.807, 2.05) is 0 Å². The van der Waals surface area contributed by atoms with E-state index < -0.39 is 83.9 Å². The summed E-state index contributed by atoms with van der Waals surface area (Å²) in [5.41, 5.74) is -1.31. The number of rotatable bonds is 4. The van der Waals surface area contributed by atoms with Crippen molar-refractivity contribution in [3.05, 3.63) is 28.2 Å². The molecule has 2 aromatic heterocycles. The molecule has 10 heteroatoms. The zero-order valence-corrected chi connectivity index (χ0v) is 17.4. The summed E-state index contributed by atoms with van der Waals surface area (Å²) >= 11 is 0. The number of sulfonamides is 1. The van der Waals surface area contributed by atoms with Crippen molar-refractivity contribution in [3.63, 3.8) is 0 Å². The topological polar surface area (TPSA) is 117 Å². The van der Waals surface area contributed by atoms with Crippen molar-refractivity contribution in [2.24, 2.45) is 5.92 Å². The molecule has 0 bridgehead atoms. The lowest BCUT2D eigenvalue weighted by Crippen LogP contribution is -2.42. The van der Waals surface area contributed by atoms with Gasteiger partial charge in [-0.15, -0.1) is 0 Å². The molecule has 2 fully saturated rings. The number of aliphatic hydroxyl groups is 1. The number of anilines is 1. The van der Waals surface area contributed by atoms with Gasteiger partial charge in [0, 0.05) is 57.8 Å². The Hall–Kier alpha value is -2.04. The normalized spacial score (nSPS) is 35.1. The molecular weight excluding hydrogens is 406 g/mol. The first-order valence-corrected chi connectivity index (χ1v) is 11.4. The van der Waals surface area contributed by atoms with E-state index in [1.54, 1.807) is 6.92 Å².